The van der Waals surface area contributed by atoms with Gasteiger partial charge in [0.05, 0.1) is 5.41 Å². The van der Waals surface area contributed by atoms with Crippen molar-refractivity contribution in [2.45, 2.75) is 24.7 Å². The van der Waals surface area contributed by atoms with E-state index in [9.17, 15) is 0 Å². The van der Waals surface area contributed by atoms with E-state index in [1.165, 1.54) is 33.4 Å². The van der Waals surface area contributed by atoms with Crippen LogP contribution in [0.25, 0.3) is 77.6 Å². The molecule has 0 N–H and O–H groups in total. The van der Waals surface area contributed by atoms with Gasteiger partial charge in [0.1, 0.15) is 42.6 Å². The molecule has 1 unspecified atom stereocenters. The molecule has 1 aromatic heterocycles. The summed E-state index contributed by atoms with van der Waals surface area (Å²) in [7, 11) is 27.1. The average Bonchev–Trinajstić information content (AvgIpc) is 4.23. The second-order valence-corrected chi connectivity index (χ2v) is 20.8. The van der Waals surface area contributed by atoms with E-state index in [1.807, 2.05) is 12.1 Å². The van der Waals surface area contributed by atoms with Crippen LogP contribution in [-0.4, -0.2) is 31.4 Å². The molecule has 348 valence electrons. The van der Waals surface area contributed by atoms with Gasteiger partial charge >= 0.3 is 0 Å². The number of rotatable bonds is 8. The Balaban J connectivity index is 0.854. The van der Waals surface area contributed by atoms with Crippen molar-refractivity contribution in [3.05, 3.63) is 270 Å². The second kappa shape index (κ2) is 17.4. The van der Waals surface area contributed by atoms with Crippen LogP contribution < -0.4 is 26.8 Å². The van der Waals surface area contributed by atoms with Crippen molar-refractivity contribution in [1.29, 1.82) is 0 Å². The van der Waals surface area contributed by atoms with E-state index < -0.39 is 5.41 Å². The molecule has 2 aliphatic rings. The van der Waals surface area contributed by atoms with E-state index in [4.69, 9.17) is 35.8 Å². The molecule has 0 aliphatic heterocycles. The van der Waals surface area contributed by atoms with Gasteiger partial charge in [0.2, 0.25) is 0 Å². The zero-order chi connectivity index (χ0) is 51.5. The lowest BCUT2D eigenvalue weighted by atomic mass is 9.58. The van der Waals surface area contributed by atoms with E-state index in [0.717, 1.165) is 94.6 Å². The van der Waals surface area contributed by atoms with Gasteiger partial charge in [-0.25, -0.2) is 0 Å². The van der Waals surface area contributed by atoms with Crippen molar-refractivity contribution in [3.8, 4) is 55.6 Å². The quantitative estimate of drug-likeness (QED) is 0.141. The number of hydrogen-bond donors (Lipinski definition) is 0. The molecule has 0 spiro atoms. The van der Waals surface area contributed by atoms with Crippen LogP contribution in [0.4, 0.5) is 17.1 Å². The summed E-state index contributed by atoms with van der Waals surface area (Å²) < 4.78 is 7.08. The van der Waals surface area contributed by atoms with E-state index in [1.54, 1.807) is 0 Å². The summed E-state index contributed by atoms with van der Waals surface area (Å²) in [6, 6.07) is 84.6. The third-order valence-electron chi connectivity index (χ3n) is 16.5. The minimum Gasteiger partial charge on any atom is -0.455 e. The smallest absolute Gasteiger partial charge is 0.143 e. The SMILES string of the molecule is [B]c1c([B])c([B])c2c(c1[B])-c1ccccc1C2(c1ccccc1)c1ccc(-c2cccc3c2oc2c(-c4ccc(N(c5ccc(-c6ccccc6)cc5)c5ccc6c(c5)C(C)(C)c5ccccc5-6)cc4)cccc23)cc1. The maximum atomic E-state index is 7.08. The molecule has 14 rings (SSSR count). The molecule has 0 saturated heterocycles. The maximum Gasteiger partial charge on any atom is 0.143 e. The molecule has 8 radical (unpaired) electrons. The van der Waals surface area contributed by atoms with Crippen molar-refractivity contribution in [3.63, 3.8) is 0 Å². The summed E-state index contributed by atoms with van der Waals surface area (Å²) in [5, 5.41) is 2.11. The Morgan fingerprint density at radius 3 is 1.43 bits per heavy atom. The highest BCUT2D eigenvalue weighted by atomic mass is 16.3. The molecule has 0 saturated carbocycles. The Kier molecular flexibility index (Phi) is 10.5. The number of fused-ring (bicyclic) bond motifs is 9. The minimum atomic E-state index is -0.823. The predicted molar refractivity (Wildman–Crippen MR) is 321 cm³/mol. The van der Waals surface area contributed by atoms with Crippen molar-refractivity contribution < 1.29 is 4.42 Å². The van der Waals surface area contributed by atoms with Crippen LogP contribution >= 0.6 is 0 Å². The molecule has 2 aliphatic carbocycles. The molecule has 12 aromatic rings. The fourth-order valence-corrected chi connectivity index (χ4v) is 12.8. The largest absolute Gasteiger partial charge is 0.455 e. The number of para-hydroxylation sites is 2. The summed E-state index contributed by atoms with van der Waals surface area (Å²) in [4.78, 5) is 2.37. The van der Waals surface area contributed by atoms with Crippen molar-refractivity contribution in [1.82, 2.24) is 0 Å². The molecular formula is C70H45B4NO. The third-order valence-corrected chi connectivity index (χ3v) is 16.5. The zero-order valence-electron chi connectivity index (χ0n) is 42.2. The van der Waals surface area contributed by atoms with E-state index in [-0.39, 0.29) is 5.41 Å². The van der Waals surface area contributed by atoms with E-state index in [2.05, 4.69) is 243 Å². The maximum absolute atomic E-state index is 7.08. The second-order valence-electron chi connectivity index (χ2n) is 20.8. The molecular weight excluding hydrogens is 914 g/mol. The van der Waals surface area contributed by atoms with Crippen LogP contribution in [0.15, 0.2) is 241 Å². The molecule has 1 atom stereocenters. The Labute approximate surface area is 449 Å². The van der Waals surface area contributed by atoms with Crippen LogP contribution in [0, 0.1) is 0 Å². The monoisotopic (exact) mass is 959 g/mol. The first-order chi connectivity index (χ1) is 37.1. The van der Waals surface area contributed by atoms with Gasteiger partial charge in [-0.3, -0.25) is 0 Å². The Morgan fingerprint density at radius 2 is 0.803 bits per heavy atom. The van der Waals surface area contributed by atoms with Crippen LogP contribution in [0.5, 0.6) is 0 Å². The summed E-state index contributed by atoms with van der Waals surface area (Å²) in [6.45, 7) is 4.68. The fourth-order valence-electron chi connectivity index (χ4n) is 12.8. The highest BCUT2D eigenvalue weighted by Crippen LogP contribution is 2.55. The van der Waals surface area contributed by atoms with Gasteiger partial charge < -0.3 is 9.32 Å². The van der Waals surface area contributed by atoms with Gasteiger partial charge in [-0.15, -0.1) is 10.9 Å². The molecule has 0 amide bonds. The van der Waals surface area contributed by atoms with Gasteiger partial charge in [-0.2, -0.15) is 0 Å². The number of benzene rings is 11. The lowest BCUT2D eigenvalue weighted by Gasteiger charge is -2.36. The standard InChI is InChI=1S/C70H45B4NO/c1-69(2)58-25-11-9-19-53(58)54-40-39-50(41-60(54)69)75(48-35-29-43(30-36-48)42-15-5-3-6-16-42)49-37-31-45(32-38-49)52-22-14-24-56-55-23-13-21-51(67(55)76-68(52)56)44-27-33-47(34-28-44)70(46-17-7-4-8-18-46)59-26-12-10-20-57(59)61-62(70)64(72)66(74)65(73)63(61)71/h3-41H,1-2H3. The summed E-state index contributed by atoms with van der Waals surface area (Å²) in [6.07, 6.45) is 0. The highest BCUT2D eigenvalue weighted by Gasteiger charge is 2.47. The lowest BCUT2D eigenvalue weighted by molar-refractivity contribution is 0.660. The van der Waals surface area contributed by atoms with Gasteiger partial charge in [0.25, 0.3) is 0 Å². The van der Waals surface area contributed by atoms with E-state index >= 15 is 0 Å². The first kappa shape index (κ1) is 45.9. The van der Waals surface area contributed by atoms with Crippen LogP contribution in [0.1, 0.15) is 47.2 Å². The third kappa shape index (κ3) is 6.72. The predicted octanol–water partition coefficient (Wildman–Crippen LogP) is 13.9. The van der Waals surface area contributed by atoms with Gasteiger partial charge in [-0.1, -0.05) is 225 Å². The normalized spacial score (nSPS) is 14.8. The number of hydrogen-bond acceptors (Lipinski definition) is 2. The van der Waals surface area contributed by atoms with Crippen LogP contribution in [0.2, 0.25) is 0 Å². The minimum absolute atomic E-state index is 0.139. The van der Waals surface area contributed by atoms with Crippen molar-refractivity contribution in [2.24, 2.45) is 0 Å². The van der Waals surface area contributed by atoms with Crippen molar-refractivity contribution in [2.75, 3.05) is 4.90 Å². The molecule has 0 fully saturated rings. The first-order valence-corrected chi connectivity index (χ1v) is 25.9. The molecule has 6 heteroatoms. The summed E-state index contributed by atoms with van der Waals surface area (Å²) >= 11 is 0. The van der Waals surface area contributed by atoms with Gasteiger partial charge in [0.15, 0.2) is 0 Å². The van der Waals surface area contributed by atoms with E-state index in [0.29, 0.717) is 21.9 Å². The van der Waals surface area contributed by atoms with Crippen LogP contribution in [-0.2, 0) is 10.8 Å². The molecule has 1 heterocycles. The molecule has 2 nitrogen and oxygen atoms in total. The summed E-state index contributed by atoms with van der Waals surface area (Å²) in [5.41, 5.74) is 23.0. The van der Waals surface area contributed by atoms with Crippen LogP contribution in [0.3, 0.4) is 0 Å². The lowest BCUT2D eigenvalue weighted by Crippen LogP contribution is -2.51. The first-order valence-electron chi connectivity index (χ1n) is 25.9. The Bertz CT molecular complexity index is 4280. The number of nitrogens with zero attached hydrogens (tertiary/aromatic N) is 1. The molecule has 11 aromatic carbocycles. The molecule has 76 heavy (non-hydrogen) atoms. The topological polar surface area (TPSA) is 16.4 Å². The van der Waals surface area contributed by atoms with Gasteiger partial charge in [-0.05, 0) is 114 Å². The molecule has 0 bridgehead atoms. The number of anilines is 3. The fraction of sp³-hybridized carbons (Fsp3) is 0.0571. The Hall–Kier alpha value is -8.72. The Morgan fingerprint density at radius 1 is 0.342 bits per heavy atom. The van der Waals surface area contributed by atoms with Gasteiger partial charge in [0, 0.05) is 44.4 Å². The average molecular weight is 959 g/mol. The number of furan rings is 1. The summed E-state index contributed by atoms with van der Waals surface area (Å²) in [5.74, 6) is 0. The highest BCUT2D eigenvalue weighted by molar-refractivity contribution is 6.64. The van der Waals surface area contributed by atoms with Crippen molar-refractivity contribution >= 4 is 92.2 Å². The zero-order valence-corrected chi connectivity index (χ0v) is 42.2.